The molecule has 1 saturated heterocycles. The van der Waals surface area contributed by atoms with Gasteiger partial charge >= 0.3 is 0 Å². The van der Waals surface area contributed by atoms with Crippen LogP contribution in [0.5, 0.6) is 0 Å². The Morgan fingerprint density at radius 1 is 1.30 bits per heavy atom. The van der Waals surface area contributed by atoms with Gasteiger partial charge in [0.1, 0.15) is 0 Å². The van der Waals surface area contributed by atoms with E-state index in [1.807, 2.05) is 10.8 Å². The van der Waals surface area contributed by atoms with Crippen molar-refractivity contribution < 1.29 is 0 Å². The van der Waals surface area contributed by atoms with Crippen LogP contribution in [0.2, 0.25) is 0 Å². The van der Waals surface area contributed by atoms with Gasteiger partial charge in [0, 0.05) is 0 Å². The number of thioether (sulfide) groups is 1. The first kappa shape index (κ1) is 9.14. The maximum Gasteiger partial charge on any atom is 0.0620 e. The first-order valence-corrected chi connectivity index (χ1v) is 6.88. The molecule has 0 amide bonds. The van der Waals surface area contributed by atoms with E-state index >= 15 is 0 Å². The molecule has 0 aliphatic carbocycles. The predicted molar refractivity (Wildman–Crippen MR) is 55.5 cm³/mol. The van der Waals surface area contributed by atoms with Crippen LogP contribution < -0.4 is 0 Å². The van der Waals surface area contributed by atoms with Gasteiger partial charge in [-0.15, -0.1) is 11.8 Å². The minimum Gasteiger partial charge on any atom is -0.132 e. The normalized spacial score (nSPS) is 33.6. The molecule has 1 fully saturated rings. The van der Waals surface area contributed by atoms with Crippen molar-refractivity contribution >= 4 is 33.3 Å². The molecule has 0 spiro atoms. The molecule has 0 nitrogen and oxygen atoms in total. The van der Waals surface area contributed by atoms with Gasteiger partial charge in [-0.1, -0.05) is 35.4 Å². The molecule has 1 rings (SSSR count). The topological polar surface area (TPSA) is 0 Å². The number of rotatable bonds is 2. The van der Waals surface area contributed by atoms with Crippen LogP contribution in [0.3, 0.4) is 0 Å². The second kappa shape index (κ2) is 4.17. The summed E-state index contributed by atoms with van der Waals surface area (Å²) in [5.74, 6) is 0.857. The van der Waals surface area contributed by atoms with Crippen LogP contribution in [-0.2, 0) is 0 Å². The smallest absolute Gasteiger partial charge is 0.0620 e. The Bertz CT molecular complexity index is 103. The monoisotopic (exact) mass is 194 g/mol. The van der Waals surface area contributed by atoms with Crippen LogP contribution in [-0.4, -0.2) is 9.16 Å². The molecule has 1 aliphatic heterocycles. The Kier molecular flexibility index (Phi) is 3.81. The van der Waals surface area contributed by atoms with E-state index in [1.165, 1.54) is 6.42 Å². The van der Waals surface area contributed by atoms with E-state index in [0.717, 1.165) is 15.1 Å². The minimum atomic E-state index is 0.814. The zero-order valence-electron chi connectivity index (χ0n) is 6.66. The standard InChI is InChI=1S/C7H14S3/c1-5(2)4-7-8-6(3)9-10-7/h5-7H,4H2,1-3H3/t6-,7+/m1/s1. The molecule has 0 aromatic rings. The summed E-state index contributed by atoms with van der Waals surface area (Å²) >= 11 is 2.12. The van der Waals surface area contributed by atoms with E-state index in [2.05, 4.69) is 43.3 Å². The molecule has 0 aromatic carbocycles. The lowest BCUT2D eigenvalue weighted by molar-refractivity contribution is 0.621. The highest BCUT2D eigenvalue weighted by Gasteiger charge is 2.23. The van der Waals surface area contributed by atoms with Gasteiger partial charge in [-0.3, -0.25) is 0 Å². The van der Waals surface area contributed by atoms with Gasteiger partial charge in [-0.05, 0) is 19.3 Å². The van der Waals surface area contributed by atoms with Crippen molar-refractivity contribution in [2.45, 2.75) is 36.4 Å². The molecule has 1 heterocycles. The number of hydrogen-bond acceptors (Lipinski definition) is 3. The molecule has 60 valence electrons. The molecule has 0 radical (unpaired) electrons. The van der Waals surface area contributed by atoms with Crippen molar-refractivity contribution in [2.24, 2.45) is 5.92 Å². The average molecular weight is 194 g/mol. The van der Waals surface area contributed by atoms with Crippen LogP contribution in [0.25, 0.3) is 0 Å². The lowest BCUT2D eigenvalue weighted by Crippen LogP contribution is -1.98. The molecular weight excluding hydrogens is 180 g/mol. The fourth-order valence-electron chi connectivity index (χ4n) is 0.879. The molecule has 1 aliphatic rings. The molecule has 0 N–H and O–H groups in total. The van der Waals surface area contributed by atoms with Crippen molar-refractivity contribution in [2.75, 3.05) is 0 Å². The summed E-state index contributed by atoms with van der Waals surface area (Å²) in [6, 6.07) is 0. The molecular formula is C7H14S3. The lowest BCUT2D eigenvalue weighted by Gasteiger charge is -2.08. The van der Waals surface area contributed by atoms with Gasteiger partial charge in [-0.2, -0.15) is 0 Å². The Labute approximate surface area is 75.7 Å². The van der Waals surface area contributed by atoms with E-state index in [1.54, 1.807) is 0 Å². The Hall–Kier alpha value is 1.05. The summed E-state index contributed by atoms with van der Waals surface area (Å²) in [6.45, 7) is 6.90. The minimum absolute atomic E-state index is 0.814. The van der Waals surface area contributed by atoms with Gasteiger partial charge in [-0.25, -0.2) is 0 Å². The van der Waals surface area contributed by atoms with Crippen LogP contribution in [0.15, 0.2) is 0 Å². The summed E-state index contributed by atoms with van der Waals surface area (Å²) in [5.41, 5.74) is 0. The molecule has 0 bridgehead atoms. The zero-order chi connectivity index (χ0) is 7.56. The van der Waals surface area contributed by atoms with Crippen molar-refractivity contribution in [1.82, 2.24) is 0 Å². The van der Waals surface area contributed by atoms with Crippen molar-refractivity contribution in [3.63, 3.8) is 0 Å². The highest BCUT2D eigenvalue weighted by molar-refractivity contribution is 8.82. The van der Waals surface area contributed by atoms with E-state index < -0.39 is 0 Å². The molecule has 3 heteroatoms. The zero-order valence-corrected chi connectivity index (χ0v) is 9.11. The quantitative estimate of drug-likeness (QED) is 0.613. The van der Waals surface area contributed by atoms with E-state index in [9.17, 15) is 0 Å². The fourth-order valence-corrected chi connectivity index (χ4v) is 6.73. The highest BCUT2D eigenvalue weighted by Crippen LogP contribution is 2.52. The van der Waals surface area contributed by atoms with Crippen LogP contribution in [0, 0.1) is 5.92 Å². The van der Waals surface area contributed by atoms with Gasteiger partial charge in [0.15, 0.2) is 0 Å². The third-order valence-corrected chi connectivity index (χ3v) is 6.85. The van der Waals surface area contributed by atoms with E-state index in [0.29, 0.717) is 0 Å². The van der Waals surface area contributed by atoms with E-state index in [-0.39, 0.29) is 0 Å². The highest BCUT2D eigenvalue weighted by atomic mass is 33.1. The summed E-state index contributed by atoms with van der Waals surface area (Å²) in [7, 11) is 4.09. The summed E-state index contributed by atoms with van der Waals surface area (Å²) in [6.07, 6.45) is 1.37. The maximum atomic E-state index is 2.30. The molecule has 0 saturated carbocycles. The van der Waals surface area contributed by atoms with Gasteiger partial charge in [0.25, 0.3) is 0 Å². The van der Waals surface area contributed by atoms with Crippen LogP contribution in [0.4, 0.5) is 0 Å². The summed E-state index contributed by atoms with van der Waals surface area (Å²) in [5, 5.41) is 0. The fraction of sp³-hybridized carbons (Fsp3) is 1.00. The largest absolute Gasteiger partial charge is 0.132 e. The Morgan fingerprint density at radius 2 is 2.00 bits per heavy atom. The summed E-state index contributed by atoms with van der Waals surface area (Å²) in [4.78, 5) is 0. The Balaban J connectivity index is 2.18. The Morgan fingerprint density at radius 3 is 2.40 bits per heavy atom. The molecule has 0 unspecified atom stereocenters. The molecule has 0 aromatic heterocycles. The first-order chi connectivity index (χ1) is 4.68. The van der Waals surface area contributed by atoms with Gasteiger partial charge < -0.3 is 0 Å². The predicted octanol–water partition coefficient (Wildman–Crippen LogP) is 3.83. The average Bonchev–Trinajstić information content (AvgIpc) is 2.13. The SMILES string of the molecule is CC(C)C[C@@H]1SS[C@H](C)S1. The van der Waals surface area contributed by atoms with E-state index in [4.69, 9.17) is 0 Å². The van der Waals surface area contributed by atoms with Crippen molar-refractivity contribution in [3.8, 4) is 0 Å². The second-order valence-electron chi connectivity index (χ2n) is 2.96. The summed E-state index contributed by atoms with van der Waals surface area (Å²) < 4.78 is 1.67. The van der Waals surface area contributed by atoms with Gasteiger partial charge in [0.05, 0.1) is 9.16 Å². The van der Waals surface area contributed by atoms with Crippen molar-refractivity contribution in [3.05, 3.63) is 0 Å². The third-order valence-electron chi connectivity index (χ3n) is 1.31. The van der Waals surface area contributed by atoms with Gasteiger partial charge in [0.2, 0.25) is 0 Å². The second-order valence-corrected chi connectivity index (χ2v) is 7.92. The maximum absolute atomic E-state index is 2.30. The van der Waals surface area contributed by atoms with Crippen LogP contribution >= 0.6 is 33.3 Å². The third kappa shape index (κ3) is 2.97. The first-order valence-electron chi connectivity index (χ1n) is 3.66. The molecule has 2 atom stereocenters. The molecule has 10 heavy (non-hydrogen) atoms. The van der Waals surface area contributed by atoms with Crippen LogP contribution in [0.1, 0.15) is 27.2 Å². The van der Waals surface area contributed by atoms with Crippen molar-refractivity contribution in [1.29, 1.82) is 0 Å². The lowest BCUT2D eigenvalue weighted by atomic mass is 10.2. The number of hydrogen-bond donors (Lipinski definition) is 0.